The van der Waals surface area contributed by atoms with E-state index in [1.165, 1.54) is 4.90 Å². The first kappa shape index (κ1) is 18.6. The minimum atomic E-state index is -0.997. The topological polar surface area (TPSA) is 57.6 Å². The third-order valence-electron chi connectivity index (χ3n) is 3.88. The number of thiocarbonyl (C=S) groups is 1. The summed E-state index contributed by atoms with van der Waals surface area (Å²) >= 11 is 12.7. The van der Waals surface area contributed by atoms with Crippen molar-refractivity contribution >= 4 is 57.9 Å². The molecule has 26 heavy (non-hydrogen) atoms. The van der Waals surface area contributed by atoms with Crippen LogP contribution in [0.5, 0.6) is 0 Å². The maximum absolute atomic E-state index is 12.9. The second kappa shape index (κ2) is 8.03. The van der Waals surface area contributed by atoms with E-state index in [0.29, 0.717) is 19.8 Å². The molecule has 0 bridgehead atoms. The number of aliphatic carboxylic acids is 1. The van der Waals surface area contributed by atoms with E-state index in [1.54, 1.807) is 42.5 Å². The molecular weight excluding hydrogens is 390 g/mol. The molecule has 0 aromatic heterocycles. The molecule has 2 aromatic rings. The van der Waals surface area contributed by atoms with E-state index in [0.717, 1.165) is 17.3 Å². The van der Waals surface area contributed by atoms with Gasteiger partial charge in [0.15, 0.2) is 0 Å². The van der Waals surface area contributed by atoms with Gasteiger partial charge in [0.25, 0.3) is 5.91 Å². The fourth-order valence-corrected chi connectivity index (χ4v) is 4.22. The van der Waals surface area contributed by atoms with Gasteiger partial charge < -0.3 is 5.11 Å². The molecule has 0 radical (unpaired) electrons. The number of rotatable bonds is 5. The first-order chi connectivity index (χ1) is 12.5. The van der Waals surface area contributed by atoms with Crippen LogP contribution in [0.15, 0.2) is 59.5 Å². The number of hydrogen-bond acceptors (Lipinski definition) is 4. The number of benzene rings is 2. The van der Waals surface area contributed by atoms with E-state index in [-0.39, 0.29) is 12.3 Å². The van der Waals surface area contributed by atoms with Gasteiger partial charge in [-0.2, -0.15) is 0 Å². The molecule has 4 nitrogen and oxygen atoms in total. The van der Waals surface area contributed by atoms with Crippen LogP contribution in [-0.2, 0) is 9.59 Å². The predicted octanol–water partition coefficient (Wildman–Crippen LogP) is 4.76. The van der Waals surface area contributed by atoms with Gasteiger partial charge in [0.2, 0.25) is 0 Å². The second-order valence-electron chi connectivity index (χ2n) is 5.60. The fraction of sp³-hybridized carbons (Fsp3) is 0.105. The van der Waals surface area contributed by atoms with Crippen molar-refractivity contribution in [1.29, 1.82) is 0 Å². The monoisotopic (exact) mass is 403 g/mol. The number of nitrogens with zero attached hydrogens (tertiary/aromatic N) is 1. The number of amides is 1. The summed E-state index contributed by atoms with van der Waals surface area (Å²) in [6, 6.07) is 15.6. The Morgan fingerprint density at radius 2 is 1.85 bits per heavy atom. The van der Waals surface area contributed by atoms with Gasteiger partial charge in [-0.25, -0.2) is 0 Å². The molecule has 1 aliphatic heterocycles. The van der Waals surface area contributed by atoms with Crippen LogP contribution < -0.4 is 0 Å². The van der Waals surface area contributed by atoms with E-state index >= 15 is 0 Å². The van der Waals surface area contributed by atoms with Gasteiger partial charge in [-0.3, -0.25) is 14.5 Å². The van der Waals surface area contributed by atoms with Gasteiger partial charge in [0.1, 0.15) is 4.32 Å². The molecule has 0 saturated carbocycles. The molecule has 1 fully saturated rings. The van der Waals surface area contributed by atoms with Crippen molar-refractivity contribution in [3.8, 4) is 0 Å². The van der Waals surface area contributed by atoms with Crippen LogP contribution in [0.1, 0.15) is 23.6 Å². The third-order valence-corrected chi connectivity index (χ3v) is 5.55. The zero-order valence-electron chi connectivity index (χ0n) is 13.5. The Balaban J connectivity index is 1.96. The van der Waals surface area contributed by atoms with E-state index in [1.807, 2.05) is 18.2 Å². The van der Waals surface area contributed by atoms with Gasteiger partial charge in [0, 0.05) is 5.02 Å². The number of halogens is 1. The Morgan fingerprint density at radius 1 is 1.19 bits per heavy atom. The molecule has 1 heterocycles. The molecule has 1 atom stereocenters. The lowest BCUT2D eigenvalue weighted by Gasteiger charge is -2.26. The van der Waals surface area contributed by atoms with E-state index < -0.39 is 12.0 Å². The van der Waals surface area contributed by atoms with Crippen molar-refractivity contribution in [3.63, 3.8) is 0 Å². The van der Waals surface area contributed by atoms with Crippen molar-refractivity contribution in [2.24, 2.45) is 0 Å². The van der Waals surface area contributed by atoms with Crippen LogP contribution in [0, 0.1) is 0 Å². The first-order valence-corrected chi connectivity index (χ1v) is 9.36. The molecule has 1 amide bonds. The molecule has 1 aliphatic rings. The summed E-state index contributed by atoms with van der Waals surface area (Å²) < 4.78 is 0.336. The average molecular weight is 404 g/mol. The van der Waals surface area contributed by atoms with Crippen molar-refractivity contribution < 1.29 is 14.7 Å². The molecule has 0 spiro atoms. The smallest absolute Gasteiger partial charge is 0.305 e. The van der Waals surface area contributed by atoms with Crippen LogP contribution >= 0.6 is 35.6 Å². The molecule has 7 heteroatoms. The number of thioether (sulfide) groups is 1. The van der Waals surface area contributed by atoms with Crippen LogP contribution in [0.3, 0.4) is 0 Å². The van der Waals surface area contributed by atoms with Crippen molar-refractivity contribution in [3.05, 3.63) is 75.7 Å². The number of hydrogen-bond donors (Lipinski definition) is 1. The highest BCUT2D eigenvalue weighted by Crippen LogP contribution is 2.39. The summed E-state index contributed by atoms with van der Waals surface area (Å²) in [5, 5.41) is 9.83. The standard InChI is InChI=1S/C19H14ClNO3S2/c20-14-9-5-4-8-13(14)10-16-18(24)21(19(25)26-16)15(11-17(22)23)12-6-2-1-3-7-12/h1-10,15H,11H2,(H,22,23)/b16-10-. The summed E-state index contributed by atoms with van der Waals surface area (Å²) in [5.74, 6) is -1.31. The Hall–Kier alpha value is -2.15. The Labute approximate surface area is 165 Å². The third kappa shape index (κ3) is 3.98. The molecule has 1 unspecified atom stereocenters. The number of carbonyl (C=O) groups excluding carboxylic acids is 1. The minimum absolute atomic E-state index is 0.226. The average Bonchev–Trinajstić information content (AvgIpc) is 2.89. The maximum Gasteiger partial charge on any atom is 0.305 e. The SMILES string of the molecule is O=C(O)CC(c1ccccc1)N1C(=O)/C(=C/c2ccccc2Cl)SC1=S. The van der Waals surface area contributed by atoms with Crippen LogP contribution in [0.2, 0.25) is 5.02 Å². The lowest BCUT2D eigenvalue weighted by molar-refractivity contribution is -0.138. The van der Waals surface area contributed by atoms with Crippen molar-refractivity contribution in [2.45, 2.75) is 12.5 Å². The number of carboxylic acids is 1. The lowest BCUT2D eigenvalue weighted by atomic mass is 10.0. The maximum atomic E-state index is 12.9. The normalized spacial score (nSPS) is 17.0. The predicted molar refractivity (Wildman–Crippen MR) is 108 cm³/mol. The van der Waals surface area contributed by atoms with E-state index in [9.17, 15) is 14.7 Å². The lowest BCUT2D eigenvalue weighted by Crippen LogP contribution is -2.34. The zero-order chi connectivity index (χ0) is 18.7. The van der Waals surface area contributed by atoms with Crippen molar-refractivity contribution in [2.75, 3.05) is 0 Å². The van der Waals surface area contributed by atoms with Gasteiger partial charge in [-0.05, 0) is 23.3 Å². The van der Waals surface area contributed by atoms with E-state index in [4.69, 9.17) is 23.8 Å². The summed E-state index contributed by atoms with van der Waals surface area (Å²) in [6.07, 6.45) is 1.46. The Bertz CT molecular complexity index is 899. The van der Waals surface area contributed by atoms with Gasteiger partial charge in [0.05, 0.1) is 17.4 Å². The minimum Gasteiger partial charge on any atom is -0.481 e. The van der Waals surface area contributed by atoms with Gasteiger partial charge in [-0.15, -0.1) is 0 Å². The highest BCUT2D eigenvalue weighted by atomic mass is 35.5. The molecule has 132 valence electrons. The second-order valence-corrected chi connectivity index (χ2v) is 7.68. The van der Waals surface area contributed by atoms with Crippen LogP contribution in [0.25, 0.3) is 6.08 Å². The summed E-state index contributed by atoms with van der Waals surface area (Å²) in [5.41, 5.74) is 1.44. The molecule has 1 saturated heterocycles. The molecule has 3 rings (SSSR count). The van der Waals surface area contributed by atoms with E-state index in [2.05, 4.69) is 0 Å². The highest BCUT2D eigenvalue weighted by molar-refractivity contribution is 8.26. The molecule has 0 aliphatic carbocycles. The summed E-state index contributed by atoms with van der Waals surface area (Å²) in [6.45, 7) is 0. The molecular formula is C19H14ClNO3S2. The van der Waals surface area contributed by atoms with Crippen LogP contribution in [0.4, 0.5) is 0 Å². The number of carbonyl (C=O) groups is 2. The van der Waals surface area contributed by atoms with Crippen molar-refractivity contribution in [1.82, 2.24) is 4.90 Å². The van der Waals surface area contributed by atoms with Gasteiger partial charge in [-0.1, -0.05) is 84.1 Å². The molecule has 1 N–H and O–H groups in total. The Morgan fingerprint density at radius 3 is 2.50 bits per heavy atom. The summed E-state index contributed by atoms with van der Waals surface area (Å²) in [4.78, 5) is 26.1. The highest BCUT2D eigenvalue weighted by Gasteiger charge is 2.38. The first-order valence-electron chi connectivity index (χ1n) is 7.75. The largest absolute Gasteiger partial charge is 0.481 e. The fourth-order valence-electron chi connectivity index (χ4n) is 2.68. The quantitative estimate of drug-likeness (QED) is 0.576. The Kier molecular flexibility index (Phi) is 5.76. The van der Waals surface area contributed by atoms with Gasteiger partial charge >= 0.3 is 5.97 Å². The molecule has 2 aromatic carbocycles. The summed E-state index contributed by atoms with van der Waals surface area (Å²) in [7, 11) is 0. The zero-order valence-corrected chi connectivity index (χ0v) is 15.9. The number of carboxylic acid groups (broad SMARTS) is 1. The van der Waals surface area contributed by atoms with Crippen LogP contribution in [-0.4, -0.2) is 26.2 Å².